The minimum atomic E-state index is -0.451. The Balaban J connectivity index is 1.72. The van der Waals surface area contributed by atoms with Crippen molar-refractivity contribution in [2.75, 3.05) is 13.1 Å². The smallest absolute Gasteiger partial charge is 0.274 e. The summed E-state index contributed by atoms with van der Waals surface area (Å²) in [6.07, 6.45) is 0. The third-order valence-electron chi connectivity index (χ3n) is 4.67. The largest absolute Gasteiger partial charge is 0.350 e. The summed E-state index contributed by atoms with van der Waals surface area (Å²) in [5.74, 6) is -0.668. The number of halogens is 2. The van der Waals surface area contributed by atoms with Gasteiger partial charge in [0.05, 0.1) is 17.3 Å². The zero-order chi connectivity index (χ0) is 22.5. The van der Waals surface area contributed by atoms with Crippen LogP contribution < -0.4 is 5.32 Å². The normalized spacial score (nSPS) is 10.7. The van der Waals surface area contributed by atoms with Gasteiger partial charge >= 0.3 is 0 Å². The van der Waals surface area contributed by atoms with E-state index in [1.54, 1.807) is 35.9 Å². The lowest BCUT2D eigenvalue weighted by Crippen LogP contribution is -2.40. The summed E-state index contributed by atoms with van der Waals surface area (Å²) in [4.78, 5) is 31.2. The number of pyridine rings is 1. The molecule has 2 heterocycles. The van der Waals surface area contributed by atoms with Gasteiger partial charge in [0.25, 0.3) is 5.91 Å². The van der Waals surface area contributed by atoms with E-state index in [0.717, 1.165) is 17.0 Å². The van der Waals surface area contributed by atoms with Gasteiger partial charge in [-0.1, -0.05) is 23.7 Å². The van der Waals surface area contributed by atoms with Crippen LogP contribution in [0.3, 0.4) is 0 Å². The summed E-state index contributed by atoms with van der Waals surface area (Å²) in [7, 11) is 0. The molecule has 2 amide bonds. The topological polar surface area (TPSA) is 80.1 Å². The first-order valence-corrected chi connectivity index (χ1v) is 10.2. The maximum atomic E-state index is 13.0. The van der Waals surface area contributed by atoms with Crippen LogP contribution in [0.2, 0.25) is 5.02 Å². The molecular formula is C22H23ClFN5O2. The number of nitrogens with zero attached hydrogens (tertiary/aromatic N) is 4. The van der Waals surface area contributed by atoms with Crippen LogP contribution in [0, 0.1) is 19.7 Å². The van der Waals surface area contributed by atoms with Crippen LogP contribution in [0.15, 0.2) is 42.5 Å². The first-order chi connectivity index (χ1) is 14.8. The van der Waals surface area contributed by atoms with Crippen molar-refractivity contribution in [3.05, 3.63) is 75.9 Å². The van der Waals surface area contributed by atoms with E-state index in [4.69, 9.17) is 11.6 Å². The van der Waals surface area contributed by atoms with Gasteiger partial charge in [-0.25, -0.2) is 14.1 Å². The van der Waals surface area contributed by atoms with E-state index < -0.39 is 5.91 Å². The summed E-state index contributed by atoms with van der Waals surface area (Å²) >= 11 is 6.24. The first-order valence-electron chi connectivity index (χ1n) is 9.79. The molecular weight excluding hydrogens is 421 g/mol. The van der Waals surface area contributed by atoms with Crippen molar-refractivity contribution in [2.45, 2.75) is 27.3 Å². The van der Waals surface area contributed by atoms with Crippen LogP contribution >= 0.6 is 11.6 Å². The maximum Gasteiger partial charge on any atom is 0.274 e. The Labute approximate surface area is 184 Å². The van der Waals surface area contributed by atoms with Crippen molar-refractivity contribution in [3.8, 4) is 5.82 Å². The van der Waals surface area contributed by atoms with Crippen molar-refractivity contribution in [3.63, 3.8) is 0 Å². The number of carbonyl (C=O) groups excluding carboxylic acids is 2. The van der Waals surface area contributed by atoms with Gasteiger partial charge in [-0.3, -0.25) is 9.59 Å². The molecule has 162 valence electrons. The standard InChI is InChI=1S/C22H23ClFN5O2/c1-4-28(13-20(30)25-12-16-5-7-17(24)8-6-16)22(31)21-18(23)9-10-19(26-21)29-15(3)11-14(2)27-29/h5-11H,4,12-13H2,1-3H3,(H,25,30). The monoisotopic (exact) mass is 443 g/mol. The van der Waals surface area contributed by atoms with E-state index in [1.165, 1.54) is 17.0 Å². The number of nitrogens with one attached hydrogen (secondary N) is 1. The third-order valence-corrected chi connectivity index (χ3v) is 4.97. The van der Waals surface area contributed by atoms with Gasteiger partial charge in [0.1, 0.15) is 11.5 Å². The number of amides is 2. The van der Waals surface area contributed by atoms with Gasteiger partial charge < -0.3 is 10.2 Å². The highest BCUT2D eigenvalue weighted by atomic mass is 35.5. The highest BCUT2D eigenvalue weighted by Crippen LogP contribution is 2.19. The molecule has 7 nitrogen and oxygen atoms in total. The van der Waals surface area contributed by atoms with E-state index in [9.17, 15) is 14.0 Å². The zero-order valence-electron chi connectivity index (χ0n) is 17.5. The molecule has 0 aliphatic heterocycles. The number of aryl methyl sites for hydroxylation is 2. The fourth-order valence-corrected chi connectivity index (χ4v) is 3.26. The number of benzene rings is 1. The molecule has 0 aliphatic rings. The van der Waals surface area contributed by atoms with E-state index >= 15 is 0 Å². The molecule has 0 radical (unpaired) electrons. The molecule has 1 aromatic carbocycles. The lowest BCUT2D eigenvalue weighted by molar-refractivity contribution is -0.121. The van der Waals surface area contributed by atoms with Crippen LogP contribution in [-0.2, 0) is 11.3 Å². The third kappa shape index (κ3) is 5.46. The SMILES string of the molecule is CCN(CC(=O)NCc1ccc(F)cc1)C(=O)c1nc(-n2nc(C)cc2C)ccc1Cl. The highest BCUT2D eigenvalue weighted by Gasteiger charge is 2.22. The number of aromatic nitrogens is 3. The van der Waals surface area contributed by atoms with E-state index in [2.05, 4.69) is 15.4 Å². The Morgan fingerprint density at radius 3 is 2.48 bits per heavy atom. The van der Waals surface area contributed by atoms with Crippen molar-refractivity contribution in [1.82, 2.24) is 25.0 Å². The van der Waals surface area contributed by atoms with Gasteiger partial charge in [0.15, 0.2) is 5.82 Å². The number of hydrogen-bond acceptors (Lipinski definition) is 4. The maximum absolute atomic E-state index is 13.0. The molecule has 3 aromatic rings. The molecule has 0 bridgehead atoms. The number of carbonyl (C=O) groups is 2. The quantitative estimate of drug-likeness (QED) is 0.606. The summed E-state index contributed by atoms with van der Waals surface area (Å²) in [6, 6.07) is 11.0. The zero-order valence-corrected chi connectivity index (χ0v) is 18.3. The molecule has 1 N–H and O–H groups in total. The Morgan fingerprint density at radius 2 is 1.87 bits per heavy atom. The van der Waals surface area contributed by atoms with Gasteiger partial charge in [-0.2, -0.15) is 5.10 Å². The molecule has 0 aliphatic carbocycles. The molecule has 3 rings (SSSR count). The molecule has 0 spiro atoms. The predicted octanol–water partition coefficient (Wildman–Crippen LogP) is 3.46. The summed E-state index contributed by atoms with van der Waals surface area (Å²) in [5, 5.41) is 7.30. The summed E-state index contributed by atoms with van der Waals surface area (Å²) < 4.78 is 14.6. The fourth-order valence-electron chi connectivity index (χ4n) is 3.07. The second-order valence-electron chi connectivity index (χ2n) is 7.06. The molecule has 0 saturated carbocycles. The van der Waals surface area contributed by atoms with Crippen molar-refractivity contribution in [1.29, 1.82) is 0 Å². The molecule has 2 aromatic heterocycles. The molecule has 31 heavy (non-hydrogen) atoms. The second kappa shape index (κ2) is 9.70. The fraction of sp³-hybridized carbons (Fsp3) is 0.273. The second-order valence-corrected chi connectivity index (χ2v) is 7.47. The Hall–Kier alpha value is -3.26. The minimum Gasteiger partial charge on any atom is -0.350 e. The number of likely N-dealkylation sites (N-methyl/N-ethyl adjacent to an activating group) is 1. The van der Waals surface area contributed by atoms with Gasteiger partial charge in [-0.05, 0) is 56.7 Å². The predicted molar refractivity (Wildman–Crippen MR) is 116 cm³/mol. The van der Waals surface area contributed by atoms with Crippen molar-refractivity contribution in [2.24, 2.45) is 0 Å². The number of rotatable bonds is 7. The van der Waals surface area contributed by atoms with Crippen LogP contribution in [0.4, 0.5) is 4.39 Å². The van der Waals surface area contributed by atoms with Crippen LogP contribution in [-0.4, -0.2) is 44.6 Å². The van der Waals surface area contributed by atoms with Crippen molar-refractivity contribution < 1.29 is 14.0 Å². The number of hydrogen-bond donors (Lipinski definition) is 1. The van der Waals surface area contributed by atoms with Crippen molar-refractivity contribution >= 4 is 23.4 Å². The van der Waals surface area contributed by atoms with Crippen LogP contribution in [0.5, 0.6) is 0 Å². The van der Waals surface area contributed by atoms with E-state index in [-0.39, 0.29) is 35.5 Å². The molecule has 0 fully saturated rings. The average molecular weight is 444 g/mol. The first kappa shape index (κ1) is 22.4. The summed E-state index contributed by atoms with van der Waals surface area (Å²) in [5.41, 5.74) is 2.51. The van der Waals surface area contributed by atoms with Crippen LogP contribution in [0.25, 0.3) is 5.82 Å². The molecule has 9 heteroatoms. The van der Waals surface area contributed by atoms with Gasteiger partial charge in [0.2, 0.25) is 5.91 Å². The minimum absolute atomic E-state index is 0.0555. The van der Waals surface area contributed by atoms with E-state index in [0.29, 0.717) is 12.4 Å². The Morgan fingerprint density at radius 1 is 1.16 bits per heavy atom. The Bertz CT molecular complexity index is 1100. The Kier molecular flexibility index (Phi) is 7.02. The van der Waals surface area contributed by atoms with E-state index in [1.807, 2.05) is 19.9 Å². The summed E-state index contributed by atoms with van der Waals surface area (Å²) in [6.45, 7) is 5.90. The molecule has 0 saturated heterocycles. The molecule has 0 unspecified atom stereocenters. The van der Waals surface area contributed by atoms with Crippen LogP contribution in [0.1, 0.15) is 34.4 Å². The highest BCUT2D eigenvalue weighted by molar-refractivity contribution is 6.33. The average Bonchev–Trinajstić information content (AvgIpc) is 3.09. The van der Waals surface area contributed by atoms with Gasteiger partial charge in [-0.15, -0.1) is 0 Å². The van der Waals surface area contributed by atoms with Gasteiger partial charge in [0, 0.05) is 18.8 Å². The lowest BCUT2D eigenvalue weighted by atomic mass is 10.2. The molecule has 0 atom stereocenters. The lowest BCUT2D eigenvalue weighted by Gasteiger charge is -2.21.